The molecular formula is C8H16N2O3. The van der Waals surface area contributed by atoms with Crippen LogP contribution in [0.3, 0.4) is 0 Å². The summed E-state index contributed by atoms with van der Waals surface area (Å²) in [5, 5.41) is 17.7. The molecule has 0 aliphatic carbocycles. The predicted octanol–water partition coefficient (Wildman–Crippen LogP) is -1.89. The molecular weight excluding hydrogens is 172 g/mol. The third-order valence-corrected chi connectivity index (χ3v) is 2.15. The lowest BCUT2D eigenvalue weighted by atomic mass is 10.2. The van der Waals surface area contributed by atoms with Gasteiger partial charge in [0.05, 0.1) is 19.3 Å². The molecule has 1 atom stereocenters. The highest BCUT2D eigenvalue weighted by Crippen LogP contribution is 2.01. The highest BCUT2D eigenvalue weighted by atomic mass is 16.3. The fourth-order valence-electron chi connectivity index (χ4n) is 1.33. The molecule has 0 saturated carbocycles. The number of rotatable bonds is 3. The summed E-state index contributed by atoms with van der Waals surface area (Å²) in [6.07, 6.45) is -0.813. The second kappa shape index (κ2) is 4.55. The minimum atomic E-state index is -0.813. The van der Waals surface area contributed by atoms with Gasteiger partial charge in [0.1, 0.15) is 0 Å². The van der Waals surface area contributed by atoms with Gasteiger partial charge in [-0.3, -0.25) is 9.69 Å². The maximum absolute atomic E-state index is 11.3. The van der Waals surface area contributed by atoms with Gasteiger partial charge in [-0.25, -0.2) is 0 Å². The van der Waals surface area contributed by atoms with E-state index < -0.39 is 6.10 Å². The Hall–Kier alpha value is -0.650. The summed E-state index contributed by atoms with van der Waals surface area (Å²) >= 11 is 0. The van der Waals surface area contributed by atoms with E-state index in [4.69, 9.17) is 10.2 Å². The minimum absolute atomic E-state index is 0.0150. The van der Waals surface area contributed by atoms with Gasteiger partial charge in [-0.2, -0.15) is 0 Å². The Labute approximate surface area is 77.6 Å². The molecule has 0 bridgehead atoms. The third kappa shape index (κ3) is 2.95. The zero-order valence-corrected chi connectivity index (χ0v) is 7.81. The number of amides is 1. The molecule has 2 N–H and O–H groups in total. The number of hydrogen-bond acceptors (Lipinski definition) is 4. The van der Waals surface area contributed by atoms with Gasteiger partial charge in [-0.15, -0.1) is 0 Å². The molecule has 1 aliphatic rings. The van der Waals surface area contributed by atoms with Gasteiger partial charge in [-0.1, -0.05) is 0 Å². The molecule has 0 aromatic heterocycles. The lowest BCUT2D eigenvalue weighted by Gasteiger charge is -2.33. The molecule has 5 heteroatoms. The number of nitrogens with zero attached hydrogens (tertiary/aromatic N) is 2. The lowest BCUT2D eigenvalue weighted by molar-refractivity contribution is -0.137. The topological polar surface area (TPSA) is 64.0 Å². The van der Waals surface area contributed by atoms with E-state index in [9.17, 15) is 4.79 Å². The van der Waals surface area contributed by atoms with E-state index in [1.807, 2.05) is 11.9 Å². The van der Waals surface area contributed by atoms with Crippen LogP contribution in [-0.2, 0) is 4.79 Å². The molecule has 1 amide bonds. The number of piperazine rings is 1. The normalized spacial score (nSPS) is 22.1. The standard InChI is InChI=1S/C8H16N2O3/c1-9-2-3-10(8(13)5-9)4-7(12)6-11/h7,11-12H,2-6H2,1H3/t7-/m1/s1. The monoisotopic (exact) mass is 188 g/mol. The van der Waals surface area contributed by atoms with Crippen LogP contribution in [0.1, 0.15) is 0 Å². The van der Waals surface area contributed by atoms with E-state index in [1.165, 1.54) is 0 Å². The van der Waals surface area contributed by atoms with Crippen LogP contribution in [0.4, 0.5) is 0 Å². The van der Waals surface area contributed by atoms with Gasteiger partial charge in [0.2, 0.25) is 5.91 Å². The molecule has 0 aromatic carbocycles. The van der Waals surface area contributed by atoms with E-state index in [0.29, 0.717) is 13.1 Å². The van der Waals surface area contributed by atoms with Crippen molar-refractivity contribution in [2.75, 3.05) is 39.8 Å². The van der Waals surface area contributed by atoms with Crippen LogP contribution >= 0.6 is 0 Å². The van der Waals surface area contributed by atoms with Crippen LogP contribution in [0.15, 0.2) is 0 Å². The highest BCUT2D eigenvalue weighted by molar-refractivity contribution is 5.79. The van der Waals surface area contributed by atoms with Gasteiger partial charge in [0, 0.05) is 19.6 Å². The maximum Gasteiger partial charge on any atom is 0.236 e. The summed E-state index contributed by atoms with van der Waals surface area (Å²) in [6, 6.07) is 0. The number of carbonyl (C=O) groups excluding carboxylic acids is 1. The van der Waals surface area contributed by atoms with Crippen molar-refractivity contribution in [2.24, 2.45) is 0 Å². The molecule has 13 heavy (non-hydrogen) atoms. The Kier molecular flexibility index (Phi) is 3.65. The second-order valence-electron chi connectivity index (χ2n) is 3.41. The van der Waals surface area contributed by atoms with Crippen molar-refractivity contribution < 1.29 is 15.0 Å². The Bertz CT molecular complexity index is 186. The van der Waals surface area contributed by atoms with Gasteiger partial charge in [0.25, 0.3) is 0 Å². The van der Waals surface area contributed by atoms with Crippen molar-refractivity contribution in [3.63, 3.8) is 0 Å². The van der Waals surface area contributed by atoms with Crippen molar-refractivity contribution in [3.05, 3.63) is 0 Å². The van der Waals surface area contributed by atoms with Crippen LogP contribution in [0.25, 0.3) is 0 Å². The molecule has 0 radical (unpaired) electrons. The molecule has 1 saturated heterocycles. The summed E-state index contributed by atoms with van der Waals surface area (Å²) in [6.45, 7) is 1.80. The summed E-state index contributed by atoms with van der Waals surface area (Å²) in [5.41, 5.74) is 0. The van der Waals surface area contributed by atoms with E-state index in [-0.39, 0.29) is 19.1 Å². The van der Waals surface area contributed by atoms with E-state index in [2.05, 4.69) is 0 Å². The fourth-order valence-corrected chi connectivity index (χ4v) is 1.33. The number of aliphatic hydroxyl groups is 2. The van der Waals surface area contributed by atoms with E-state index in [1.54, 1.807) is 4.90 Å². The number of aliphatic hydroxyl groups excluding tert-OH is 2. The first kappa shape index (κ1) is 10.4. The van der Waals surface area contributed by atoms with Crippen molar-refractivity contribution >= 4 is 5.91 Å². The van der Waals surface area contributed by atoms with Crippen LogP contribution in [0.2, 0.25) is 0 Å². The van der Waals surface area contributed by atoms with Crippen molar-refractivity contribution in [1.29, 1.82) is 0 Å². The van der Waals surface area contributed by atoms with Crippen LogP contribution in [0, 0.1) is 0 Å². The zero-order valence-electron chi connectivity index (χ0n) is 7.81. The SMILES string of the molecule is CN1CCN(C[C@@H](O)CO)C(=O)C1. The second-order valence-corrected chi connectivity index (χ2v) is 3.41. The summed E-state index contributed by atoms with van der Waals surface area (Å²) in [5.74, 6) is 0.0150. The molecule has 1 fully saturated rings. The molecule has 0 aromatic rings. The van der Waals surface area contributed by atoms with Crippen LogP contribution in [0.5, 0.6) is 0 Å². The minimum Gasteiger partial charge on any atom is -0.394 e. The predicted molar refractivity (Wildman–Crippen MR) is 47.2 cm³/mol. The molecule has 76 valence electrons. The average Bonchev–Trinajstić information content (AvgIpc) is 2.09. The Morgan fingerprint density at radius 3 is 2.77 bits per heavy atom. The first-order valence-electron chi connectivity index (χ1n) is 4.38. The Balaban J connectivity index is 2.38. The van der Waals surface area contributed by atoms with Crippen molar-refractivity contribution in [2.45, 2.75) is 6.10 Å². The maximum atomic E-state index is 11.3. The average molecular weight is 188 g/mol. The highest BCUT2D eigenvalue weighted by Gasteiger charge is 2.22. The summed E-state index contributed by atoms with van der Waals surface area (Å²) in [4.78, 5) is 14.9. The third-order valence-electron chi connectivity index (χ3n) is 2.15. The molecule has 1 heterocycles. The van der Waals surface area contributed by atoms with E-state index in [0.717, 1.165) is 6.54 Å². The van der Waals surface area contributed by atoms with Gasteiger partial charge >= 0.3 is 0 Å². The summed E-state index contributed by atoms with van der Waals surface area (Å²) < 4.78 is 0. The van der Waals surface area contributed by atoms with Crippen molar-refractivity contribution in [1.82, 2.24) is 9.80 Å². The molecule has 1 aliphatic heterocycles. The van der Waals surface area contributed by atoms with Crippen LogP contribution < -0.4 is 0 Å². The largest absolute Gasteiger partial charge is 0.394 e. The number of carbonyl (C=O) groups is 1. The Morgan fingerprint density at radius 2 is 2.23 bits per heavy atom. The molecule has 0 spiro atoms. The molecule has 1 rings (SSSR count). The lowest BCUT2D eigenvalue weighted by Crippen LogP contribution is -2.51. The van der Waals surface area contributed by atoms with Crippen molar-refractivity contribution in [3.8, 4) is 0 Å². The molecule has 5 nitrogen and oxygen atoms in total. The zero-order chi connectivity index (χ0) is 9.84. The van der Waals surface area contributed by atoms with Crippen LogP contribution in [-0.4, -0.2) is 71.9 Å². The van der Waals surface area contributed by atoms with E-state index >= 15 is 0 Å². The van der Waals surface area contributed by atoms with Gasteiger partial charge in [0.15, 0.2) is 0 Å². The first-order valence-corrected chi connectivity index (χ1v) is 4.38. The number of hydrogen-bond donors (Lipinski definition) is 2. The fraction of sp³-hybridized carbons (Fsp3) is 0.875. The summed E-state index contributed by atoms with van der Waals surface area (Å²) in [7, 11) is 1.89. The smallest absolute Gasteiger partial charge is 0.236 e. The quantitative estimate of drug-likeness (QED) is 0.544. The van der Waals surface area contributed by atoms with Gasteiger partial charge < -0.3 is 15.1 Å². The number of likely N-dealkylation sites (N-methyl/N-ethyl adjacent to an activating group) is 1. The number of β-amino-alcohol motifs (C(OH)–C–C–N with tert-alkyl or cyclic N) is 1. The molecule has 0 unspecified atom stereocenters. The Morgan fingerprint density at radius 1 is 1.54 bits per heavy atom. The first-order chi connectivity index (χ1) is 6.13. The van der Waals surface area contributed by atoms with Gasteiger partial charge in [-0.05, 0) is 7.05 Å².